The lowest BCUT2D eigenvalue weighted by Gasteiger charge is -2.35. The molecule has 0 aliphatic heterocycles. The Morgan fingerprint density at radius 2 is 2.00 bits per heavy atom. The highest BCUT2D eigenvalue weighted by Gasteiger charge is 2.25. The fraction of sp³-hybridized carbons (Fsp3) is 0.739. The van der Waals surface area contributed by atoms with Crippen LogP contribution in [-0.2, 0) is 11.3 Å². The van der Waals surface area contributed by atoms with Crippen LogP contribution in [0.4, 0.5) is 0 Å². The van der Waals surface area contributed by atoms with Crippen molar-refractivity contribution < 1.29 is 9.84 Å². The molecule has 3 rings (SSSR count). The molecule has 0 spiro atoms. The second-order valence-electron chi connectivity index (χ2n) is 9.83. The molecule has 1 fully saturated rings. The van der Waals surface area contributed by atoms with E-state index in [2.05, 4.69) is 23.7 Å². The largest absolute Gasteiger partial charge is 0.389 e. The van der Waals surface area contributed by atoms with Gasteiger partial charge in [-0.05, 0) is 45.6 Å². The summed E-state index contributed by atoms with van der Waals surface area (Å²) in [5.41, 5.74) is -0.347. The topological polar surface area (TPSA) is 78.5 Å². The summed E-state index contributed by atoms with van der Waals surface area (Å²) >= 11 is 1.60. The maximum atomic E-state index is 12.7. The highest BCUT2D eigenvalue weighted by molar-refractivity contribution is 7.18. The zero-order valence-corrected chi connectivity index (χ0v) is 19.8. The first kappa shape index (κ1) is 23.4. The molecule has 1 aliphatic carbocycles. The monoisotopic (exact) mass is 435 g/mol. The van der Waals surface area contributed by atoms with Crippen LogP contribution >= 0.6 is 11.3 Å². The van der Waals surface area contributed by atoms with Gasteiger partial charge in [-0.25, -0.2) is 4.98 Å². The minimum absolute atomic E-state index is 0.0710. The van der Waals surface area contributed by atoms with Crippen LogP contribution in [0.15, 0.2) is 10.9 Å². The van der Waals surface area contributed by atoms with Gasteiger partial charge in [0.1, 0.15) is 10.7 Å². The number of aromatic amines is 1. The first-order chi connectivity index (χ1) is 14.1. The normalized spacial score (nSPS) is 17.3. The average molecular weight is 436 g/mol. The van der Waals surface area contributed by atoms with Crippen molar-refractivity contribution in [1.82, 2.24) is 14.9 Å². The molecule has 0 bridgehead atoms. The molecule has 2 aromatic rings. The molecular formula is C23H37N3O3S. The summed E-state index contributed by atoms with van der Waals surface area (Å²) in [5.74, 6) is 1.06. The van der Waals surface area contributed by atoms with Gasteiger partial charge in [-0.3, -0.25) is 9.69 Å². The number of hydrogen-bond acceptors (Lipinski definition) is 6. The van der Waals surface area contributed by atoms with Gasteiger partial charge in [0.15, 0.2) is 0 Å². The Balaban J connectivity index is 1.78. The van der Waals surface area contributed by atoms with Crippen LogP contribution in [0.5, 0.6) is 0 Å². The molecule has 0 amide bonds. The smallest absolute Gasteiger partial charge is 0.259 e. The molecule has 2 aromatic heterocycles. The van der Waals surface area contributed by atoms with Crippen LogP contribution in [-0.4, -0.2) is 50.9 Å². The minimum Gasteiger partial charge on any atom is -0.389 e. The summed E-state index contributed by atoms with van der Waals surface area (Å²) in [4.78, 5) is 24.7. The number of ether oxygens (including phenoxy) is 1. The third kappa shape index (κ3) is 6.36. The van der Waals surface area contributed by atoms with Crippen molar-refractivity contribution in [2.24, 2.45) is 0 Å². The predicted molar refractivity (Wildman–Crippen MR) is 123 cm³/mol. The van der Waals surface area contributed by atoms with Crippen molar-refractivity contribution in [3.63, 3.8) is 0 Å². The molecule has 1 unspecified atom stereocenters. The standard InChI is InChI=1S/C23H37N3O3S/c1-15(2)19-11-18-21(28)24-20(25-22(18)30-19)13-26(16-9-7-6-8-10-16)12-17(27)14-29-23(3,4)5/h11,15-17,27H,6-10,12-14H2,1-5H3,(H,24,25,28). The summed E-state index contributed by atoms with van der Waals surface area (Å²) in [5, 5.41) is 11.3. The number of aromatic nitrogens is 2. The van der Waals surface area contributed by atoms with Crippen LogP contribution in [0.25, 0.3) is 10.2 Å². The predicted octanol–water partition coefficient (Wildman–Crippen LogP) is 4.42. The lowest BCUT2D eigenvalue weighted by molar-refractivity contribution is -0.0610. The lowest BCUT2D eigenvalue weighted by Crippen LogP contribution is -2.43. The van der Waals surface area contributed by atoms with E-state index in [1.165, 1.54) is 24.1 Å². The number of aliphatic hydroxyl groups excluding tert-OH is 1. The molecule has 0 aromatic carbocycles. The van der Waals surface area contributed by atoms with Gasteiger partial charge >= 0.3 is 0 Å². The van der Waals surface area contributed by atoms with Gasteiger partial charge in [-0.15, -0.1) is 11.3 Å². The highest BCUT2D eigenvalue weighted by Crippen LogP contribution is 2.28. The zero-order chi connectivity index (χ0) is 21.9. The van der Waals surface area contributed by atoms with E-state index >= 15 is 0 Å². The van der Waals surface area contributed by atoms with Crippen molar-refractivity contribution in [2.45, 2.75) is 96.9 Å². The molecular weight excluding hydrogens is 398 g/mol. The quantitative estimate of drug-likeness (QED) is 0.642. The minimum atomic E-state index is -0.573. The fourth-order valence-corrected chi connectivity index (χ4v) is 5.06. The Labute approximate surface area is 183 Å². The molecule has 1 atom stereocenters. The number of nitrogens with one attached hydrogen (secondary N) is 1. The van der Waals surface area contributed by atoms with Crippen molar-refractivity contribution in [2.75, 3.05) is 13.2 Å². The number of hydrogen-bond donors (Lipinski definition) is 2. The van der Waals surface area contributed by atoms with E-state index < -0.39 is 6.10 Å². The third-order valence-electron chi connectivity index (χ3n) is 5.64. The first-order valence-corrected chi connectivity index (χ1v) is 12.0. The Kier molecular flexibility index (Phi) is 7.71. The second kappa shape index (κ2) is 9.90. The summed E-state index contributed by atoms with van der Waals surface area (Å²) < 4.78 is 5.78. The number of nitrogens with zero attached hydrogens (tertiary/aromatic N) is 2. The molecule has 1 aliphatic rings. The van der Waals surface area contributed by atoms with Crippen LogP contribution < -0.4 is 5.56 Å². The van der Waals surface area contributed by atoms with E-state index in [0.717, 1.165) is 17.7 Å². The van der Waals surface area contributed by atoms with E-state index in [0.29, 0.717) is 42.9 Å². The van der Waals surface area contributed by atoms with Gasteiger partial charge in [0.05, 0.1) is 30.2 Å². The van der Waals surface area contributed by atoms with Crippen LogP contribution in [0, 0.1) is 0 Å². The molecule has 0 radical (unpaired) electrons. The Hall–Kier alpha value is -1.28. The van der Waals surface area contributed by atoms with Crippen molar-refractivity contribution >= 4 is 21.6 Å². The van der Waals surface area contributed by atoms with Gasteiger partial charge in [0.25, 0.3) is 5.56 Å². The molecule has 6 nitrogen and oxygen atoms in total. The molecule has 7 heteroatoms. The molecule has 168 valence electrons. The second-order valence-corrected chi connectivity index (χ2v) is 10.9. The number of H-pyrrole nitrogens is 1. The van der Waals surface area contributed by atoms with Gasteiger partial charge in [-0.1, -0.05) is 33.1 Å². The molecule has 2 heterocycles. The van der Waals surface area contributed by atoms with Gasteiger partial charge in [0.2, 0.25) is 0 Å². The van der Waals surface area contributed by atoms with Crippen molar-refractivity contribution in [3.8, 4) is 0 Å². The Bertz CT molecular complexity index is 878. The van der Waals surface area contributed by atoms with Gasteiger partial charge < -0.3 is 14.8 Å². The zero-order valence-electron chi connectivity index (χ0n) is 19.0. The number of aliphatic hydroxyl groups is 1. The average Bonchev–Trinajstić information content (AvgIpc) is 3.11. The first-order valence-electron chi connectivity index (χ1n) is 11.2. The van der Waals surface area contributed by atoms with Gasteiger partial charge in [-0.2, -0.15) is 0 Å². The number of fused-ring (bicyclic) bond motifs is 1. The SMILES string of the molecule is CC(C)c1cc2c(=O)[nH]c(CN(CC(O)COC(C)(C)C)C3CCCCC3)nc2s1. The summed E-state index contributed by atoms with van der Waals surface area (Å²) in [7, 11) is 0. The summed E-state index contributed by atoms with van der Waals surface area (Å²) in [6, 6.07) is 2.37. The molecule has 0 saturated heterocycles. The van der Waals surface area contributed by atoms with Crippen LogP contribution in [0.3, 0.4) is 0 Å². The summed E-state index contributed by atoms with van der Waals surface area (Å²) in [6.45, 7) is 11.6. The number of rotatable bonds is 8. The Morgan fingerprint density at radius 3 is 2.63 bits per heavy atom. The Morgan fingerprint density at radius 1 is 1.30 bits per heavy atom. The third-order valence-corrected chi connectivity index (χ3v) is 6.97. The van der Waals surface area contributed by atoms with Crippen LogP contribution in [0.1, 0.15) is 83.3 Å². The highest BCUT2D eigenvalue weighted by atomic mass is 32.1. The maximum absolute atomic E-state index is 12.7. The summed E-state index contributed by atoms with van der Waals surface area (Å²) in [6.07, 6.45) is 5.36. The van der Waals surface area contributed by atoms with E-state index in [4.69, 9.17) is 9.72 Å². The van der Waals surface area contributed by atoms with E-state index in [9.17, 15) is 9.90 Å². The molecule has 2 N–H and O–H groups in total. The van der Waals surface area contributed by atoms with Crippen LogP contribution in [0.2, 0.25) is 0 Å². The molecule has 1 saturated carbocycles. The van der Waals surface area contributed by atoms with E-state index in [1.54, 1.807) is 11.3 Å². The maximum Gasteiger partial charge on any atom is 0.259 e. The molecule has 30 heavy (non-hydrogen) atoms. The van der Waals surface area contributed by atoms with Gasteiger partial charge in [0, 0.05) is 17.5 Å². The lowest BCUT2D eigenvalue weighted by atomic mass is 9.94. The number of thiophene rings is 1. The van der Waals surface area contributed by atoms with Crippen molar-refractivity contribution in [1.29, 1.82) is 0 Å². The fourth-order valence-electron chi connectivity index (χ4n) is 4.00. The van der Waals surface area contributed by atoms with Crippen molar-refractivity contribution in [3.05, 3.63) is 27.1 Å². The van der Waals surface area contributed by atoms with E-state index in [-0.39, 0.29) is 11.2 Å². The van der Waals surface area contributed by atoms with E-state index in [1.807, 2.05) is 26.8 Å².